The van der Waals surface area contributed by atoms with Crippen LogP contribution in [0, 0.1) is 0 Å². The minimum Gasteiger partial charge on any atom is -0.392 e. The lowest BCUT2D eigenvalue weighted by Crippen LogP contribution is -2.28. The van der Waals surface area contributed by atoms with Crippen LogP contribution in [0.5, 0.6) is 5.75 Å². The summed E-state index contributed by atoms with van der Waals surface area (Å²) >= 11 is 0. The Bertz CT molecular complexity index is 1430. The minimum atomic E-state index is -5.97. The van der Waals surface area contributed by atoms with Gasteiger partial charge in [-0.15, -0.1) is 0 Å². The molecule has 0 spiro atoms. The molecule has 0 saturated heterocycles. The first kappa shape index (κ1) is 22.1. The number of hydrogen-bond donors (Lipinski definition) is 2. The lowest BCUT2D eigenvalue weighted by molar-refractivity contribution is -0.0500. The van der Waals surface area contributed by atoms with E-state index < -0.39 is 28.0 Å². The van der Waals surface area contributed by atoms with Crippen molar-refractivity contribution < 1.29 is 36.0 Å². The number of alkyl halides is 3. The molecule has 0 amide bonds. The number of benzene rings is 4. The van der Waals surface area contributed by atoms with Crippen LogP contribution in [0.25, 0.3) is 32.7 Å². The maximum Gasteiger partial charge on any atom is 0.534 e. The second kappa shape index (κ2) is 8.09. The second-order valence-electron chi connectivity index (χ2n) is 7.07. The number of rotatable bonds is 5. The standard InChI is InChI=1S/C23H17F3O5S/c24-23(25,26)32(29,30)31-20-11-15-6-2-4-8-18(15)22(19(20)13-28)21-16(12-27)10-9-14-5-1-3-7-17(14)21/h1-11,27-28H,12-13H2. The van der Waals surface area contributed by atoms with Gasteiger partial charge in [0.1, 0.15) is 5.75 Å². The molecule has 0 unspecified atom stereocenters. The summed E-state index contributed by atoms with van der Waals surface area (Å²) in [7, 11) is -5.97. The molecule has 5 nitrogen and oxygen atoms in total. The normalized spacial score (nSPS) is 12.4. The van der Waals surface area contributed by atoms with Crippen LogP contribution in [0.3, 0.4) is 0 Å². The van der Waals surface area contributed by atoms with E-state index in [2.05, 4.69) is 4.18 Å². The monoisotopic (exact) mass is 462 g/mol. The zero-order valence-electron chi connectivity index (χ0n) is 16.4. The van der Waals surface area contributed by atoms with Crippen molar-refractivity contribution >= 4 is 31.7 Å². The average Bonchev–Trinajstić information content (AvgIpc) is 2.76. The maximum atomic E-state index is 13.0. The molecule has 32 heavy (non-hydrogen) atoms. The SMILES string of the molecule is O=S(=O)(Oc1cc2ccccc2c(-c2c(CO)ccc3ccccc23)c1CO)C(F)(F)F. The summed E-state index contributed by atoms with van der Waals surface area (Å²) in [4.78, 5) is 0. The number of fused-ring (bicyclic) bond motifs is 2. The fraction of sp³-hybridized carbons (Fsp3) is 0.130. The first-order chi connectivity index (χ1) is 15.2. The van der Waals surface area contributed by atoms with Gasteiger partial charge in [-0.3, -0.25) is 0 Å². The zero-order chi connectivity index (χ0) is 23.1. The predicted octanol–water partition coefficient (Wildman–Crippen LogP) is 4.87. The topological polar surface area (TPSA) is 83.8 Å². The summed E-state index contributed by atoms with van der Waals surface area (Å²) in [6.45, 7) is -1.18. The van der Waals surface area contributed by atoms with Crippen molar-refractivity contribution in [3.63, 3.8) is 0 Å². The second-order valence-corrected chi connectivity index (χ2v) is 8.61. The molecule has 4 rings (SSSR count). The van der Waals surface area contributed by atoms with Crippen LogP contribution in [0.1, 0.15) is 11.1 Å². The smallest absolute Gasteiger partial charge is 0.392 e. The number of hydrogen-bond acceptors (Lipinski definition) is 5. The molecule has 0 saturated carbocycles. The third-order valence-corrected chi connectivity index (χ3v) is 6.16. The van der Waals surface area contributed by atoms with E-state index in [0.717, 1.165) is 11.5 Å². The van der Waals surface area contributed by atoms with E-state index in [1.165, 1.54) is 0 Å². The van der Waals surface area contributed by atoms with Gasteiger partial charge in [0.2, 0.25) is 0 Å². The fourth-order valence-corrected chi connectivity index (χ4v) is 4.27. The van der Waals surface area contributed by atoms with Gasteiger partial charge in [-0.1, -0.05) is 60.7 Å². The van der Waals surface area contributed by atoms with Crippen LogP contribution < -0.4 is 4.18 Å². The number of halogens is 3. The van der Waals surface area contributed by atoms with Gasteiger partial charge < -0.3 is 14.4 Å². The van der Waals surface area contributed by atoms with Crippen molar-refractivity contribution in [3.8, 4) is 16.9 Å². The largest absolute Gasteiger partial charge is 0.534 e. The predicted molar refractivity (Wildman–Crippen MR) is 114 cm³/mol. The van der Waals surface area contributed by atoms with E-state index in [-0.39, 0.29) is 12.2 Å². The van der Waals surface area contributed by atoms with Crippen molar-refractivity contribution in [2.75, 3.05) is 0 Å². The molecule has 0 fully saturated rings. The molecule has 0 bridgehead atoms. The highest BCUT2D eigenvalue weighted by molar-refractivity contribution is 7.88. The first-order valence-electron chi connectivity index (χ1n) is 9.46. The minimum absolute atomic E-state index is 0.137. The number of aliphatic hydroxyl groups excluding tert-OH is 2. The third kappa shape index (κ3) is 3.68. The van der Waals surface area contributed by atoms with E-state index in [9.17, 15) is 31.8 Å². The van der Waals surface area contributed by atoms with Crippen LogP contribution >= 0.6 is 0 Å². The molecule has 0 aliphatic rings. The molecule has 0 atom stereocenters. The summed E-state index contributed by atoms with van der Waals surface area (Å²) in [6.07, 6.45) is 0. The van der Waals surface area contributed by atoms with Gasteiger partial charge in [-0.05, 0) is 44.3 Å². The van der Waals surface area contributed by atoms with Gasteiger partial charge in [-0.2, -0.15) is 21.6 Å². The molecule has 4 aromatic rings. The van der Waals surface area contributed by atoms with Gasteiger partial charge in [0, 0.05) is 5.56 Å². The van der Waals surface area contributed by atoms with Crippen LogP contribution in [-0.2, 0) is 23.3 Å². The van der Waals surface area contributed by atoms with Crippen LogP contribution in [0.2, 0.25) is 0 Å². The van der Waals surface area contributed by atoms with Gasteiger partial charge in [0.25, 0.3) is 0 Å². The molecule has 2 N–H and O–H groups in total. The van der Waals surface area contributed by atoms with Crippen LogP contribution in [0.15, 0.2) is 66.7 Å². The molecule has 0 aliphatic heterocycles. The van der Waals surface area contributed by atoms with Gasteiger partial charge >= 0.3 is 15.6 Å². The quantitative estimate of drug-likeness (QED) is 0.327. The first-order valence-corrected chi connectivity index (χ1v) is 10.9. The molecule has 0 aliphatic carbocycles. The van der Waals surface area contributed by atoms with Gasteiger partial charge in [0.15, 0.2) is 0 Å². The van der Waals surface area contributed by atoms with E-state index in [1.54, 1.807) is 48.5 Å². The van der Waals surface area contributed by atoms with Crippen molar-refractivity contribution in [2.24, 2.45) is 0 Å². The molecule has 0 aromatic heterocycles. The lowest BCUT2D eigenvalue weighted by atomic mass is 9.87. The molecule has 0 radical (unpaired) electrons. The highest BCUT2D eigenvalue weighted by Gasteiger charge is 2.49. The van der Waals surface area contributed by atoms with Crippen molar-refractivity contribution in [3.05, 3.63) is 77.9 Å². The van der Waals surface area contributed by atoms with Gasteiger partial charge in [-0.25, -0.2) is 0 Å². The van der Waals surface area contributed by atoms with E-state index in [4.69, 9.17) is 0 Å². The molecule has 4 aromatic carbocycles. The Balaban J connectivity index is 2.15. The molecular weight excluding hydrogens is 445 g/mol. The van der Waals surface area contributed by atoms with Crippen molar-refractivity contribution in [1.82, 2.24) is 0 Å². The summed E-state index contributed by atoms with van der Waals surface area (Å²) in [6, 6.07) is 18.4. The van der Waals surface area contributed by atoms with Crippen LogP contribution in [0.4, 0.5) is 13.2 Å². The van der Waals surface area contributed by atoms with Crippen molar-refractivity contribution in [1.29, 1.82) is 0 Å². The molecular formula is C23H17F3O5S. The third-order valence-electron chi connectivity index (χ3n) is 5.19. The van der Waals surface area contributed by atoms with E-state index in [0.29, 0.717) is 32.8 Å². The Morgan fingerprint density at radius 3 is 1.97 bits per heavy atom. The summed E-state index contributed by atoms with van der Waals surface area (Å²) in [5, 5.41) is 22.6. The van der Waals surface area contributed by atoms with Crippen LogP contribution in [-0.4, -0.2) is 24.1 Å². The Labute approximate surface area is 181 Å². The highest BCUT2D eigenvalue weighted by Crippen LogP contribution is 2.44. The molecule has 9 heteroatoms. The Hall–Kier alpha value is -3.14. The Morgan fingerprint density at radius 2 is 1.38 bits per heavy atom. The Kier molecular flexibility index (Phi) is 5.58. The summed E-state index contributed by atoms with van der Waals surface area (Å²) in [5.41, 5.74) is -4.55. The number of aliphatic hydroxyl groups is 2. The maximum absolute atomic E-state index is 13.0. The summed E-state index contributed by atoms with van der Waals surface area (Å²) in [5.74, 6) is -0.629. The fourth-order valence-electron chi connectivity index (χ4n) is 3.79. The summed E-state index contributed by atoms with van der Waals surface area (Å²) < 4.78 is 67.0. The van der Waals surface area contributed by atoms with E-state index in [1.807, 2.05) is 12.1 Å². The zero-order valence-corrected chi connectivity index (χ0v) is 17.2. The lowest BCUT2D eigenvalue weighted by Gasteiger charge is -2.20. The Morgan fingerprint density at radius 1 is 0.781 bits per heavy atom. The van der Waals surface area contributed by atoms with Crippen molar-refractivity contribution in [2.45, 2.75) is 18.7 Å². The highest BCUT2D eigenvalue weighted by atomic mass is 32.2. The van der Waals surface area contributed by atoms with Gasteiger partial charge in [0.05, 0.1) is 13.2 Å². The molecule has 0 heterocycles. The molecule has 166 valence electrons. The average molecular weight is 462 g/mol. The van der Waals surface area contributed by atoms with E-state index >= 15 is 0 Å².